The largest absolute Gasteiger partial charge is 0.472 e. The highest BCUT2D eigenvalue weighted by atomic mass is 31.2. The van der Waals surface area contributed by atoms with Crippen molar-refractivity contribution in [2.45, 2.75) is 154 Å². The first kappa shape index (κ1) is 55.7. The molecule has 1 unspecified atom stereocenters. The molecular formula is C42H72O16P2. The summed E-state index contributed by atoms with van der Waals surface area (Å²) in [6.45, 7) is 1.18. The zero-order valence-corrected chi connectivity index (χ0v) is 37.2. The molecule has 18 heteroatoms. The summed E-state index contributed by atoms with van der Waals surface area (Å²) in [5.41, 5.74) is 0. The molecule has 1 fully saturated rings. The van der Waals surface area contributed by atoms with Gasteiger partial charge in [-0.1, -0.05) is 107 Å². The zero-order chi connectivity index (χ0) is 44.7. The fraction of sp³-hybridized carbons (Fsp3) is 0.714. The molecule has 0 heterocycles. The molecule has 1 rings (SSSR count). The van der Waals surface area contributed by atoms with Crippen molar-refractivity contribution in [1.29, 1.82) is 0 Å². The summed E-state index contributed by atoms with van der Waals surface area (Å²) in [4.78, 5) is 52.9. The van der Waals surface area contributed by atoms with E-state index in [1.807, 2.05) is 6.08 Å². The van der Waals surface area contributed by atoms with E-state index in [9.17, 15) is 44.0 Å². The molecule has 7 N–H and O–H groups in total. The van der Waals surface area contributed by atoms with Crippen molar-refractivity contribution in [2.75, 3.05) is 26.4 Å². The van der Waals surface area contributed by atoms with Gasteiger partial charge < -0.3 is 44.6 Å². The van der Waals surface area contributed by atoms with Crippen molar-refractivity contribution in [3.05, 3.63) is 60.8 Å². The number of phosphoric acid groups is 2. The Bertz CT molecular complexity index is 1410. The van der Waals surface area contributed by atoms with Crippen LogP contribution in [0.5, 0.6) is 0 Å². The Balaban J connectivity index is 2.68. The molecular weight excluding hydrogens is 822 g/mol. The summed E-state index contributed by atoms with van der Waals surface area (Å²) in [7, 11) is -9.82. The molecule has 0 aromatic heterocycles. The number of aliphatic hydroxyl groups excluding tert-OH is 4. The normalized spacial score (nSPS) is 21.4. The van der Waals surface area contributed by atoms with E-state index < -0.39 is 90.4 Å². The van der Waals surface area contributed by atoms with Crippen LogP contribution in [-0.4, -0.2) is 104 Å². The van der Waals surface area contributed by atoms with E-state index in [1.54, 1.807) is 18.2 Å². The first-order chi connectivity index (χ1) is 28.6. The lowest BCUT2D eigenvalue weighted by molar-refractivity contribution is -0.160. The maximum absolute atomic E-state index is 12.8. The third-order valence-corrected chi connectivity index (χ3v) is 10.9. The van der Waals surface area contributed by atoms with Gasteiger partial charge >= 0.3 is 27.6 Å². The van der Waals surface area contributed by atoms with Crippen LogP contribution in [0.2, 0.25) is 0 Å². The Hall–Kier alpha value is -2.30. The monoisotopic (exact) mass is 894 g/mol. The van der Waals surface area contributed by atoms with Gasteiger partial charge in [-0.2, -0.15) is 0 Å². The average molecular weight is 895 g/mol. The van der Waals surface area contributed by atoms with Crippen LogP contribution in [0.3, 0.4) is 0 Å². The van der Waals surface area contributed by atoms with Crippen LogP contribution in [0.1, 0.15) is 123 Å². The van der Waals surface area contributed by atoms with Gasteiger partial charge in [-0.25, -0.2) is 9.13 Å². The van der Waals surface area contributed by atoms with E-state index >= 15 is 0 Å². The quantitative estimate of drug-likeness (QED) is 0.0149. The molecule has 8 atom stereocenters. The zero-order valence-electron chi connectivity index (χ0n) is 35.4. The second-order valence-electron chi connectivity index (χ2n) is 14.9. The summed E-state index contributed by atoms with van der Waals surface area (Å²) in [6, 6.07) is 0. The number of esters is 2. The predicted molar refractivity (Wildman–Crippen MR) is 227 cm³/mol. The van der Waals surface area contributed by atoms with Gasteiger partial charge in [-0.05, 0) is 63.7 Å². The van der Waals surface area contributed by atoms with Gasteiger partial charge in [0, 0.05) is 18.8 Å². The lowest BCUT2D eigenvalue weighted by Gasteiger charge is -2.20. The number of carbonyl (C=O) groups excluding carboxylic acids is 2. The minimum atomic E-state index is -4.91. The number of hydrogen-bond acceptors (Lipinski definition) is 13. The SMILES string of the molecule is CCCCC/C=C\C/C=C\C/C=C\CCCCC(=O)OC[C@H](COP(=O)(O)OC[C@@H](O)COP(=O)(O)O)OC(=O)C/C=C\C[C@H]1[C@@H](/C=C/[C@H](O)CCCCC)[C@H](O)C[C@@H]1O. The van der Waals surface area contributed by atoms with Crippen LogP contribution < -0.4 is 0 Å². The third-order valence-electron chi connectivity index (χ3n) is 9.47. The smallest absolute Gasteiger partial charge is 0.462 e. The lowest BCUT2D eigenvalue weighted by Crippen LogP contribution is -2.29. The number of phosphoric ester groups is 2. The first-order valence-corrected chi connectivity index (χ1v) is 24.3. The second kappa shape index (κ2) is 33.3. The molecule has 0 radical (unpaired) electrons. The van der Waals surface area contributed by atoms with Crippen molar-refractivity contribution < 1.29 is 76.9 Å². The Kier molecular flexibility index (Phi) is 30.9. The van der Waals surface area contributed by atoms with Crippen molar-refractivity contribution in [3.8, 4) is 0 Å². The maximum atomic E-state index is 12.8. The lowest BCUT2D eigenvalue weighted by atomic mass is 9.89. The fourth-order valence-electron chi connectivity index (χ4n) is 6.15. The summed E-state index contributed by atoms with van der Waals surface area (Å²) in [6.07, 6.45) is 26.4. The topological polar surface area (TPSA) is 256 Å². The molecule has 0 saturated heterocycles. The number of hydrogen-bond donors (Lipinski definition) is 7. The highest BCUT2D eigenvalue weighted by molar-refractivity contribution is 7.47. The average Bonchev–Trinajstić information content (AvgIpc) is 3.46. The summed E-state index contributed by atoms with van der Waals surface area (Å²) in [5.74, 6) is -2.14. The molecule has 0 aliphatic heterocycles. The number of aliphatic hydroxyl groups is 4. The standard InChI is InChI=1S/C42H72O16P2/c1-3-5-7-8-9-10-11-12-13-14-15-16-17-18-20-25-41(47)54-32-36(33-57-60(52,53)56-31-35(44)30-55-59(49,50)51)58-42(48)26-22-21-24-37-38(40(46)29-39(37)45)28-27-34(43)23-19-6-4-2/h9-10,12-13,15-16,21-22,27-28,34-40,43-46H,3-8,11,14,17-20,23-26,29-33H2,1-2H3,(H,52,53)(H2,49,50,51)/b10-9-,13-12-,16-15-,22-21-,28-27+/t34-,35+,36-,37+,38-,39+,40-/m1/s1. The van der Waals surface area contributed by atoms with E-state index in [4.69, 9.17) is 23.8 Å². The van der Waals surface area contributed by atoms with Crippen LogP contribution >= 0.6 is 15.6 Å². The number of unbranched alkanes of at least 4 members (excludes halogenated alkanes) is 7. The minimum Gasteiger partial charge on any atom is -0.462 e. The Morgan fingerprint density at radius 2 is 1.30 bits per heavy atom. The predicted octanol–water partition coefficient (Wildman–Crippen LogP) is 6.83. The van der Waals surface area contributed by atoms with E-state index in [0.29, 0.717) is 19.3 Å². The van der Waals surface area contributed by atoms with Crippen LogP contribution in [-0.2, 0) is 41.8 Å². The molecule has 0 amide bonds. The summed E-state index contributed by atoms with van der Waals surface area (Å²) < 4.78 is 47.6. The van der Waals surface area contributed by atoms with Gasteiger partial charge in [0.2, 0.25) is 0 Å². The van der Waals surface area contributed by atoms with E-state index in [-0.39, 0.29) is 25.2 Å². The van der Waals surface area contributed by atoms with Crippen molar-refractivity contribution in [1.82, 2.24) is 0 Å². The van der Waals surface area contributed by atoms with E-state index in [1.165, 1.54) is 25.3 Å². The minimum absolute atomic E-state index is 0.0779. The van der Waals surface area contributed by atoms with Crippen molar-refractivity contribution >= 4 is 27.6 Å². The Morgan fingerprint density at radius 3 is 1.95 bits per heavy atom. The molecule has 0 bridgehead atoms. The Labute approximate surface area is 356 Å². The van der Waals surface area contributed by atoms with Gasteiger partial charge in [0.15, 0.2) is 6.10 Å². The van der Waals surface area contributed by atoms with Gasteiger partial charge in [-0.3, -0.25) is 23.2 Å². The van der Waals surface area contributed by atoms with Crippen LogP contribution in [0.25, 0.3) is 0 Å². The van der Waals surface area contributed by atoms with Gasteiger partial charge in [0.05, 0.1) is 44.6 Å². The van der Waals surface area contributed by atoms with Crippen molar-refractivity contribution in [3.63, 3.8) is 0 Å². The molecule has 0 aromatic rings. The molecule has 60 heavy (non-hydrogen) atoms. The molecule has 346 valence electrons. The second-order valence-corrected chi connectivity index (χ2v) is 17.6. The highest BCUT2D eigenvalue weighted by Crippen LogP contribution is 2.44. The number of allylic oxidation sites excluding steroid dienone is 7. The van der Waals surface area contributed by atoms with Crippen molar-refractivity contribution in [2.24, 2.45) is 11.8 Å². The number of rotatable bonds is 35. The molecule has 16 nitrogen and oxygen atoms in total. The molecule has 0 aromatic carbocycles. The van der Waals surface area contributed by atoms with Crippen LogP contribution in [0.4, 0.5) is 0 Å². The van der Waals surface area contributed by atoms with Crippen LogP contribution in [0.15, 0.2) is 60.8 Å². The maximum Gasteiger partial charge on any atom is 0.472 e. The number of carbonyl (C=O) groups is 2. The van der Waals surface area contributed by atoms with Gasteiger partial charge in [0.1, 0.15) is 12.7 Å². The van der Waals surface area contributed by atoms with Crippen LogP contribution in [0, 0.1) is 11.8 Å². The van der Waals surface area contributed by atoms with Gasteiger partial charge in [0.25, 0.3) is 0 Å². The molecule has 1 saturated carbocycles. The van der Waals surface area contributed by atoms with E-state index in [2.05, 4.69) is 53.3 Å². The molecule has 1 aliphatic carbocycles. The van der Waals surface area contributed by atoms with E-state index in [0.717, 1.165) is 51.4 Å². The Morgan fingerprint density at radius 1 is 0.700 bits per heavy atom. The molecule has 0 spiro atoms. The fourth-order valence-corrected chi connectivity index (χ4v) is 7.31. The summed E-state index contributed by atoms with van der Waals surface area (Å²) >= 11 is 0. The van der Waals surface area contributed by atoms with Gasteiger partial charge in [-0.15, -0.1) is 0 Å². The number of ether oxygens (including phenoxy) is 2. The first-order valence-electron chi connectivity index (χ1n) is 21.2. The highest BCUT2D eigenvalue weighted by Gasteiger charge is 2.39. The third kappa shape index (κ3) is 29.9. The summed E-state index contributed by atoms with van der Waals surface area (Å²) in [5, 5.41) is 41.1. The molecule has 1 aliphatic rings.